The first-order valence-corrected chi connectivity index (χ1v) is 5.88. The maximum atomic E-state index is 10.2. The van der Waals surface area contributed by atoms with Crippen molar-refractivity contribution in [2.45, 2.75) is 13.8 Å². The van der Waals surface area contributed by atoms with Gasteiger partial charge in [0.25, 0.3) is 0 Å². The monoisotopic (exact) mass is 247 g/mol. The van der Waals surface area contributed by atoms with Gasteiger partial charge in [-0.2, -0.15) is 12.8 Å². The first kappa shape index (κ1) is 8.35. The van der Waals surface area contributed by atoms with Gasteiger partial charge in [0.15, 0.2) is 0 Å². The average Bonchev–Trinajstić information content (AvgIpc) is 1.21. The first-order valence-electron chi connectivity index (χ1n) is 1.89. The van der Waals surface area contributed by atoms with Gasteiger partial charge in [0, 0.05) is 5.71 Å². The molecule has 0 aliphatic heterocycles. The van der Waals surface area contributed by atoms with Crippen molar-refractivity contribution in [2.24, 2.45) is 4.40 Å². The van der Waals surface area contributed by atoms with Gasteiger partial charge in [-0.15, -0.1) is 0 Å². The second kappa shape index (κ2) is 2.77. The Balaban J connectivity index is 4.36. The molecule has 0 aliphatic carbocycles. The molecule has 0 atom stereocenters. The zero-order valence-electron chi connectivity index (χ0n) is 4.55. The van der Waals surface area contributed by atoms with Gasteiger partial charge in [-0.25, -0.2) is 0 Å². The Labute approximate surface area is 60.8 Å². The maximum Gasteiger partial charge on any atom is 0.306 e. The van der Waals surface area contributed by atoms with Crippen LogP contribution in [-0.2, 0) is 7.19 Å². The van der Waals surface area contributed by atoms with Gasteiger partial charge in [0.1, 0.15) is 0 Å². The molecule has 0 aromatic heterocycles. The van der Waals surface area contributed by atoms with Gasteiger partial charge in [-0.05, 0) is 13.8 Å². The lowest BCUT2D eigenvalue weighted by Gasteiger charge is -1.83. The Kier molecular flexibility index (Phi) is 2.89. The summed E-state index contributed by atoms with van der Waals surface area (Å²) in [5.41, 5.74) is 0.555. The van der Waals surface area contributed by atoms with Crippen LogP contribution in [0, 0.1) is 0 Å². The summed E-state index contributed by atoms with van der Waals surface area (Å²) >= 11 is 1.28. The molecular formula is C3H6INO2S. The summed E-state index contributed by atoms with van der Waals surface area (Å²) in [6, 6.07) is 0. The molecule has 0 unspecified atom stereocenters. The molecule has 0 spiro atoms. The van der Waals surface area contributed by atoms with Crippen LogP contribution in [0.25, 0.3) is 0 Å². The summed E-state index contributed by atoms with van der Waals surface area (Å²) in [6.45, 7) is 3.27. The van der Waals surface area contributed by atoms with E-state index in [1.165, 1.54) is 21.2 Å². The number of nitrogens with zero attached hydrogens (tertiary/aromatic N) is 1. The van der Waals surface area contributed by atoms with Crippen LogP contribution >= 0.6 is 21.2 Å². The van der Waals surface area contributed by atoms with Crippen molar-refractivity contribution in [2.75, 3.05) is 0 Å². The third-order valence-electron chi connectivity index (χ3n) is 0.292. The van der Waals surface area contributed by atoms with Crippen molar-refractivity contribution >= 4 is 34.1 Å². The van der Waals surface area contributed by atoms with Crippen molar-refractivity contribution in [1.29, 1.82) is 0 Å². The Hall–Kier alpha value is 0.350. The van der Waals surface area contributed by atoms with E-state index < -0.39 is 7.19 Å². The molecule has 3 nitrogen and oxygen atoms in total. The fourth-order valence-electron chi connectivity index (χ4n) is 0.218. The lowest BCUT2D eigenvalue weighted by atomic mass is 10.5. The van der Waals surface area contributed by atoms with Gasteiger partial charge >= 0.3 is 7.19 Å². The highest BCUT2D eigenvalue weighted by Gasteiger charge is 1.95. The van der Waals surface area contributed by atoms with Crippen LogP contribution in [0.4, 0.5) is 0 Å². The van der Waals surface area contributed by atoms with E-state index in [0.717, 1.165) is 0 Å². The highest BCUT2D eigenvalue weighted by atomic mass is 127. The summed E-state index contributed by atoms with van der Waals surface area (Å²) in [5.74, 6) is 0. The maximum absolute atomic E-state index is 10.2. The molecule has 5 heteroatoms. The third-order valence-corrected chi connectivity index (χ3v) is 1.47. The van der Waals surface area contributed by atoms with Crippen LogP contribution in [0.5, 0.6) is 0 Å². The quantitative estimate of drug-likeness (QED) is 0.396. The Morgan fingerprint density at radius 3 is 1.88 bits per heavy atom. The minimum absolute atomic E-state index is 0.555. The summed E-state index contributed by atoms with van der Waals surface area (Å²) < 4.78 is 23.8. The number of hydrogen-bond acceptors (Lipinski definition) is 2. The van der Waals surface area contributed by atoms with Crippen LogP contribution in [0.2, 0.25) is 0 Å². The molecule has 0 fully saturated rings. The van der Waals surface area contributed by atoms with E-state index in [0.29, 0.717) is 5.71 Å². The van der Waals surface area contributed by atoms with Crippen molar-refractivity contribution in [3.63, 3.8) is 0 Å². The fraction of sp³-hybridized carbons (Fsp3) is 0.667. The topological polar surface area (TPSA) is 46.5 Å². The van der Waals surface area contributed by atoms with E-state index in [1.54, 1.807) is 13.8 Å². The van der Waals surface area contributed by atoms with Gasteiger partial charge in [0.05, 0.1) is 21.2 Å². The summed E-state index contributed by atoms with van der Waals surface area (Å²) in [5, 5.41) is 0. The molecule has 8 heavy (non-hydrogen) atoms. The molecule has 0 amide bonds. The van der Waals surface area contributed by atoms with E-state index in [-0.39, 0.29) is 0 Å². The summed E-state index contributed by atoms with van der Waals surface area (Å²) in [6.07, 6.45) is 0. The van der Waals surface area contributed by atoms with Crippen molar-refractivity contribution in [1.82, 2.24) is 0 Å². The Morgan fingerprint density at radius 1 is 1.50 bits per heavy atom. The summed E-state index contributed by atoms with van der Waals surface area (Å²) in [4.78, 5) is 0. The highest BCUT2D eigenvalue weighted by molar-refractivity contribution is 14.2. The second-order valence-corrected chi connectivity index (χ2v) is 5.80. The SMILES string of the molecule is CC(C)=NS(=O)(=O)I. The van der Waals surface area contributed by atoms with Crippen LogP contribution < -0.4 is 0 Å². The molecule has 0 bridgehead atoms. The molecular weight excluding hydrogens is 241 g/mol. The molecule has 0 saturated heterocycles. The molecule has 0 aromatic carbocycles. The van der Waals surface area contributed by atoms with Crippen LogP contribution in [-0.4, -0.2) is 14.1 Å². The smallest absolute Gasteiger partial charge is 0.194 e. The van der Waals surface area contributed by atoms with E-state index >= 15 is 0 Å². The molecule has 0 saturated carbocycles. The van der Waals surface area contributed by atoms with Crippen LogP contribution in [0.3, 0.4) is 0 Å². The molecule has 0 heterocycles. The molecule has 0 radical (unpaired) electrons. The lowest BCUT2D eigenvalue weighted by molar-refractivity contribution is 0.614. The molecule has 0 N–H and O–H groups in total. The number of halogens is 1. The molecule has 0 aliphatic rings. The Morgan fingerprint density at radius 2 is 1.88 bits per heavy atom. The molecule has 0 aromatic rings. The van der Waals surface area contributed by atoms with Gasteiger partial charge in [0.2, 0.25) is 0 Å². The molecule has 0 rings (SSSR count). The largest absolute Gasteiger partial charge is 0.306 e. The third kappa shape index (κ3) is 6.35. The van der Waals surface area contributed by atoms with Crippen molar-refractivity contribution in [3.8, 4) is 0 Å². The van der Waals surface area contributed by atoms with Crippen LogP contribution in [0.1, 0.15) is 13.8 Å². The Bertz CT molecular complexity index is 189. The first-order chi connectivity index (χ1) is 3.42. The standard InChI is InChI=1S/C3H6INO2S/c1-3(2)5-8(4,6)7/h1-2H3. The van der Waals surface area contributed by atoms with Crippen molar-refractivity contribution < 1.29 is 8.42 Å². The van der Waals surface area contributed by atoms with Crippen molar-refractivity contribution in [3.05, 3.63) is 0 Å². The minimum Gasteiger partial charge on any atom is -0.194 e. The highest BCUT2D eigenvalue weighted by Crippen LogP contribution is 2.02. The lowest BCUT2D eigenvalue weighted by Crippen LogP contribution is -1.86. The predicted molar refractivity (Wildman–Crippen MR) is 41.7 cm³/mol. The van der Waals surface area contributed by atoms with E-state index in [1.807, 2.05) is 0 Å². The normalized spacial score (nSPS) is 10.9. The summed E-state index contributed by atoms with van der Waals surface area (Å²) in [7, 11) is -3.17. The fourth-order valence-corrected chi connectivity index (χ4v) is 1.84. The number of hydrogen-bond donors (Lipinski definition) is 0. The zero-order chi connectivity index (χ0) is 6.78. The average molecular weight is 247 g/mol. The van der Waals surface area contributed by atoms with E-state index in [4.69, 9.17) is 0 Å². The van der Waals surface area contributed by atoms with Gasteiger partial charge in [-0.1, -0.05) is 0 Å². The number of rotatable bonds is 1. The van der Waals surface area contributed by atoms with E-state index in [9.17, 15) is 8.42 Å². The zero-order valence-corrected chi connectivity index (χ0v) is 7.52. The molecule has 48 valence electrons. The minimum atomic E-state index is -3.17. The van der Waals surface area contributed by atoms with Crippen LogP contribution in [0.15, 0.2) is 4.40 Å². The van der Waals surface area contributed by atoms with E-state index in [2.05, 4.69) is 4.40 Å². The van der Waals surface area contributed by atoms with Gasteiger partial charge < -0.3 is 0 Å². The predicted octanol–water partition coefficient (Wildman–Crippen LogP) is 1.15. The second-order valence-electron chi connectivity index (χ2n) is 1.45. The van der Waals surface area contributed by atoms with Gasteiger partial charge in [-0.3, -0.25) is 0 Å².